The van der Waals surface area contributed by atoms with E-state index in [1.54, 1.807) is 36.3 Å². The number of ether oxygens (including phenoxy) is 1. The van der Waals surface area contributed by atoms with Crippen molar-refractivity contribution in [3.05, 3.63) is 53.6 Å². The van der Waals surface area contributed by atoms with Gasteiger partial charge in [-0.25, -0.2) is 4.79 Å². The van der Waals surface area contributed by atoms with E-state index in [1.165, 1.54) is 6.92 Å². The van der Waals surface area contributed by atoms with E-state index >= 15 is 0 Å². The van der Waals surface area contributed by atoms with Gasteiger partial charge in [0.25, 0.3) is 0 Å². The first-order valence-electron chi connectivity index (χ1n) is 6.74. The van der Waals surface area contributed by atoms with Crippen molar-refractivity contribution in [2.45, 2.75) is 26.4 Å². The van der Waals surface area contributed by atoms with E-state index < -0.39 is 5.97 Å². The van der Waals surface area contributed by atoms with Crippen molar-refractivity contribution in [3.8, 4) is 0 Å². The number of carbonyl (C=O) groups is 2. The standard InChI is InChI=1S/C16H18N2O3/c1-11(7-13-5-4-6-17-9-13)21-16(20)15-8-14(12(2)19)10-18(15)3/h4-6,8-11H,7H2,1-3H3/t11-/m0/s1. The monoisotopic (exact) mass is 286 g/mol. The van der Waals surface area contributed by atoms with E-state index in [0.29, 0.717) is 17.7 Å². The number of nitrogens with zero attached hydrogens (tertiary/aromatic N) is 2. The molecule has 0 bridgehead atoms. The average Bonchev–Trinajstić information content (AvgIpc) is 2.82. The zero-order valence-corrected chi connectivity index (χ0v) is 12.4. The van der Waals surface area contributed by atoms with Gasteiger partial charge in [0.1, 0.15) is 11.8 Å². The summed E-state index contributed by atoms with van der Waals surface area (Å²) in [6.07, 6.45) is 5.42. The first-order chi connectivity index (χ1) is 9.97. The number of esters is 1. The summed E-state index contributed by atoms with van der Waals surface area (Å²) < 4.78 is 7.02. The molecule has 5 heteroatoms. The maximum absolute atomic E-state index is 12.1. The molecule has 2 aromatic rings. The summed E-state index contributed by atoms with van der Waals surface area (Å²) in [7, 11) is 1.72. The Labute approximate surface area is 123 Å². The predicted octanol–water partition coefficient (Wildman–Crippen LogP) is 2.41. The molecule has 1 atom stereocenters. The fourth-order valence-corrected chi connectivity index (χ4v) is 2.10. The van der Waals surface area contributed by atoms with Crippen LogP contribution >= 0.6 is 0 Å². The van der Waals surface area contributed by atoms with E-state index in [0.717, 1.165) is 5.56 Å². The Kier molecular flexibility index (Phi) is 4.52. The Morgan fingerprint density at radius 3 is 2.76 bits per heavy atom. The summed E-state index contributed by atoms with van der Waals surface area (Å²) in [4.78, 5) is 27.5. The molecule has 0 aliphatic carbocycles. The molecule has 0 saturated heterocycles. The van der Waals surface area contributed by atoms with Crippen molar-refractivity contribution in [3.63, 3.8) is 0 Å². The van der Waals surface area contributed by atoms with Gasteiger partial charge in [0.05, 0.1) is 0 Å². The van der Waals surface area contributed by atoms with E-state index in [-0.39, 0.29) is 11.9 Å². The molecule has 2 rings (SSSR count). The van der Waals surface area contributed by atoms with Gasteiger partial charge < -0.3 is 9.30 Å². The number of aryl methyl sites for hydroxylation is 1. The van der Waals surface area contributed by atoms with Crippen LogP contribution in [0.5, 0.6) is 0 Å². The highest BCUT2D eigenvalue weighted by atomic mass is 16.5. The molecule has 0 aliphatic rings. The van der Waals surface area contributed by atoms with Gasteiger partial charge in [0, 0.05) is 37.6 Å². The van der Waals surface area contributed by atoms with E-state index in [4.69, 9.17) is 4.74 Å². The quantitative estimate of drug-likeness (QED) is 0.625. The van der Waals surface area contributed by atoms with Gasteiger partial charge in [0.2, 0.25) is 0 Å². The number of Topliss-reactive ketones (excluding diaryl/α,β-unsaturated/α-hetero) is 1. The molecule has 0 radical (unpaired) electrons. The smallest absolute Gasteiger partial charge is 0.355 e. The van der Waals surface area contributed by atoms with E-state index in [2.05, 4.69) is 4.98 Å². The summed E-state index contributed by atoms with van der Waals surface area (Å²) in [6.45, 7) is 3.30. The number of hydrogen-bond donors (Lipinski definition) is 0. The van der Waals surface area contributed by atoms with Crippen LogP contribution in [0.3, 0.4) is 0 Å². The highest BCUT2D eigenvalue weighted by molar-refractivity contribution is 5.97. The summed E-state index contributed by atoms with van der Waals surface area (Å²) in [5, 5.41) is 0. The van der Waals surface area contributed by atoms with Gasteiger partial charge in [-0.05, 0) is 31.5 Å². The van der Waals surface area contributed by atoms with Crippen molar-refractivity contribution in [2.75, 3.05) is 0 Å². The Morgan fingerprint density at radius 2 is 2.19 bits per heavy atom. The molecule has 21 heavy (non-hydrogen) atoms. The second kappa shape index (κ2) is 6.35. The van der Waals surface area contributed by atoms with Crippen molar-refractivity contribution < 1.29 is 14.3 Å². The lowest BCUT2D eigenvalue weighted by molar-refractivity contribution is 0.0331. The van der Waals surface area contributed by atoms with Crippen LogP contribution in [-0.4, -0.2) is 27.4 Å². The Morgan fingerprint density at radius 1 is 1.43 bits per heavy atom. The zero-order chi connectivity index (χ0) is 15.4. The molecule has 110 valence electrons. The SMILES string of the molecule is CC(=O)c1cc(C(=O)O[C@@H](C)Cc2cccnc2)n(C)c1. The summed E-state index contributed by atoms with van der Waals surface area (Å²) in [5.74, 6) is -0.505. The number of rotatable bonds is 5. The molecule has 2 heterocycles. The van der Waals surface area contributed by atoms with Gasteiger partial charge in [-0.1, -0.05) is 6.07 Å². The predicted molar refractivity (Wildman–Crippen MR) is 78.2 cm³/mol. The molecule has 5 nitrogen and oxygen atoms in total. The number of carbonyl (C=O) groups excluding carboxylic acids is 2. The van der Waals surface area contributed by atoms with E-state index in [1.807, 2.05) is 19.1 Å². The third-order valence-corrected chi connectivity index (χ3v) is 3.17. The van der Waals surface area contributed by atoms with Gasteiger partial charge in [-0.3, -0.25) is 9.78 Å². The van der Waals surface area contributed by atoms with Crippen LogP contribution in [0, 0.1) is 0 Å². The topological polar surface area (TPSA) is 61.2 Å². The average molecular weight is 286 g/mol. The molecule has 0 N–H and O–H groups in total. The molecular formula is C16H18N2O3. The summed E-state index contributed by atoms with van der Waals surface area (Å²) in [6, 6.07) is 5.34. The fraction of sp³-hybridized carbons (Fsp3) is 0.312. The molecule has 0 aliphatic heterocycles. The van der Waals surface area contributed by atoms with Crippen LogP contribution in [-0.2, 0) is 18.2 Å². The van der Waals surface area contributed by atoms with Crippen LogP contribution < -0.4 is 0 Å². The first-order valence-corrected chi connectivity index (χ1v) is 6.74. The molecule has 0 saturated carbocycles. The lowest BCUT2D eigenvalue weighted by Crippen LogP contribution is -2.19. The van der Waals surface area contributed by atoms with Crippen molar-refractivity contribution >= 4 is 11.8 Å². The van der Waals surface area contributed by atoms with Crippen LogP contribution in [0.2, 0.25) is 0 Å². The minimum atomic E-state index is -0.429. The normalized spacial score (nSPS) is 12.0. The number of ketones is 1. The van der Waals surface area contributed by atoms with Crippen molar-refractivity contribution in [2.24, 2.45) is 7.05 Å². The molecule has 2 aromatic heterocycles. The van der Waals surface area contributed by atoms with Crippen LogP contribution in [0.25, 0.3) is 0 Å². The number of hydrogen-bond acceptors (Lipinski definition) is 4. The van der Waals surface area contributed by atoms with Crippen molar-refractivity contribution in [1.82, 2.24) is 9.55 Å². The maximum Gasteiger partial charge on any atom is 0.355 e. The Bertz CT molecular complexity index is 647. The van der Waals surface area contributed by atoms with Gasteiger partial charge in [0.15, 0.2) is 5.78 Å². The van der Waals surface area contributed by atoms with Crippen LogP contribution in [0.15, 0.2) is 36.8 Å². The van der Waals surface area contributed by atoms with Crippen LogP contribution in [0.4, 0.5) is 0 Å². The number of aromatic nitrogens is 2. The molecule has 0 unspecified atom stereocenters. The van der Waals surface area contributed by atoms with Gasteiger partial charge >= 0.3 is 5.97 Å². The zero-order valence-electron chi connectivity index (χ0n) is 12.4. The van der Waals surface area contributed by atoms with E-state index in [9.17, 15) is 9.59 Å². The lowest BCUT2D eigenvalue weighted by atomic mass is 10.1. The maximum atomic E-state index is 12.1. The largest absolute Gasteiger partial charge is 0.458 e. The van der Waals surface area contributed by atoms with Crippen LogP contribution in [0.1, 0.15) is 40.3 Å². The molecule has 0 aromatic carbocycles. The third-order valence-electron chi connectivity index (χ3n) is 3.17. The fourth-order valence-electron chi connectivity index (χ4n) is 2.10. The minimum Gasteiger partial charge on any atom is -0.458 e. The minimum absolute atomic E-state index is 0.0759. The lowest BCUT2D eigenvalue weighted by Gasteiger charge is -2.13. The molecule has 0 amide bonds. The third kappa shape index (κ3) is 3.78. The second-order valence-corrected chi connectivity index (χ2v) is 5.06. The van der Waals surface area contributed by atoms with Gasteiger partial charge in [-0.15, -0.1) is 0 Å². The first kappa shape index (κ1) is 15.0. The van der Waals surface area contributed by atoms with Gasteiger partial charge in [-0.2, -0.15) is 0 Å². The Hall–Kier alpha value is -2.43. The summed E-state index contributed by atoms with van der Waals surface area (Å²) in [5.41, 5.74) is 1.89. The number of pyridine rings is 1. The van der Waals surface area contributed by atoms with Crippen molar-refractivity contribution in [1.29, 1.82) is 0 Å². The Balaban J connectivity index is 2.02. The molecular weight excluding hydrogens is 268 g/mol. The highest BCUT2D eigenvalue weighted by Crippen LogP contribution is 2.12. The second-order valence-electron chi connectivity index (χ2n) is 5.06. The molecule has 0 fully saturated rings. The summed E-state index contributed by atoms with van der Waals surface area (Å²) >= 11 is 0. The highest BCUT2D eigenvalue weighted by Gasteiger charge is 2.17. The molecule has 0 spiro atoms.